The van der Waals surface area contributed by atoms with Gasteiger partial charge in [0.1, 0.15) is 25.0 Å². The topological polar surface area (TPSA) is 89.5 Å². The molecule has 0 N–H and O–H groups in total. The highest BCUT2D eigenvalue weighted by molar-refractivity contribution is 5.92. The summed E-state index contributed by atoms with van der Waals surface area (Å²) >= 11 is 0. The van der Waals surface area contributed by atoms with Crippen molar-refractivity contribution in [2.45, 2.75) is 19.6 Å². The number of ether oxygens (including phenoxy) is 1. The predicted molar refractivity (Wildman–Crippen MR) is 100 cm³/mol. The van der Waals surface area contributed by atoms with Gasteiger partial charge in [0.15, 0.2) is 11.5 Å². The lowest BCUT2D eigenvalue weighted by molar-refractivity contribution is 0.0562. The fourth-order valence-corrected chi connectivity index (χ4v) is 3.07. The summed E-state index contributed by atoms with van der Waals surface area (Å²) in [5.41, 5.74) is 1.20. The summed E-state index contributed by atoms with van der Waals surface area (Å²) in [4.78, 5) is 20.6. The maximum absolute atomic E-state index is 12.6. The lowest BCUT2D eigenvalue weighted by Crippen LogP contribution is -2.52. The highest BCUT2D eigenvalue weighted by Gasteiger charge is 2.27. The molecule has 0 spiro atoms. The lowest BCUT2D eigenvalue weighted by Gasteiger charge is -2.37. The van der Waals surface area contributed by atoms with Crippen LogP contribution in [0.2, 0.25) is 0 Å². The van der Waals surface area contributed by atoms with Gasteiger partial charge in [-0.25, -0.2) is 9.67 Å². The third kappa shape index (κ3) is 3.89. The van der Waals surface area contributed by atoms with Crippen molar-refractivity contribution in [3.63, 3.8) is 0 Å². The molecular weight excluding hydrogens is 360 g/mol. The minimum Gasteiger partial charge on any atom is -0.486 e. The molecule has 9 nitrogen and oxygen atoms in total. The average molecular weight is 382 g/mol. The van der Waals surface area contributed by atoms with Crippen molar-refractivity contribution in [3.8, 4) is 11.4 Å². The molecule has 0 aliphatic carbocycles. The lowest BCUT2D eigenvalue weighted by atomic mass is 10.2. The van der Waals surface area contributed by atoms with Crippen LogP contribution in [-0.4, -0.2) is 68.4 Å². The second kappa shape index (κ2) is 7.81. The molecule has 9 heteroatoms. The Kier molecular flexibility index (Phi) is 5.07. The standard InChI is InChI=1S/C19H22N6O3/c1-14-10-24(8-7-23(14)2)19(26)18-9-17(28-22-18)11-27-16-5-3-15(4-6-16)25-13-20-12-21-25/h3-6,9,12-14H,7-8,10-11H2,1-2H3. The van der Waals surface area contributed by atoms with Gasteiger partial charge in [0.2, 0.25) is 0 Å². The van der Waals surface area contributed by atoms with Gasteiger partial charge in [0.25, 0.3) is 5.91 Å². The van der Waals surface area contributed by atoms with Gasteiger partial charge in [-0.2, -0.15) is 5.10 Å². The van der Waals surface area contributed by atoms with Gasteiger partial charge < -0.3 is 19.1 Å². The minimum atomic E-state index is -0.105. The van der Waals surface area contributed by atoms with Gasteiger partial charge in [0, 0.05) is 31.7 Å². The average Bonchev–Trinajstić information content (AvgIpc) is 3.40. The summed E-state index contributed by atoms with van der Waals surface area (Å²) in [6, 6.07) is 9.42. The highest BCUT2D eigenvalue weighted by Crippen LogP contribution is 2.17. The third-order valence-corrected chi connectivity index (χ3v) is 4.93. The van der Waals surface area contributed by atoms with E-state index in [2.05, 4.69) is 34.1 Å². The first-order chi connectivity index (χ1) is 13.6. The monoisotopic (exact) mass is 382 g/mol. The summed E-state index contributed by atoms with van der Waals surface area (Å²) in [5, 5.41) is 8.00. The van der Waals surface area contributed by atoms with Gasteiger partial charge in [-0.3, -0.25) is 4.79 Å². The van der Waals surface area contributed by atoms with Crippen LogP contribution in [0.5, 0.6) is 5.75 Å². The van der Waals surface area contributed by atoms with Crippen LogP contribution in [-0.2, 0) is 6.61 Å². The van der Waals surface area contributed by atoms with Crippen molar-refractivity contribution in [2.24, 2.45) is 0 Å². The summed E-state index contributed by atoms with van der Waals surface area (Å²) < 4.78 is 12.7. The molecule has 0 saturated carbocycles. The van der Waals surface area contributed by atoms with Crippen molar-refractivity contribution in [3.05, 3.63) is 54.4 Å². The fourth-order valence-electron chi connectivity index (χ4n) is 3.07. The molecule has 28 heavy (non-hydrogen) atoms. The quantitative estimate of drug-likeness (QED) is 0.662. The number of hydrogen-bond donors (Lipinski definition) is 0. The van der Waals surface area contributed by atoms with Crippen LogP contribution in [0.3, 0.4) is 0 Å². The molecule has 1 aliphatic heterocycles. The number of rotatable bonds is 5. The van der Waals surface area contributed by atoms with Gasteiger partial charge in [0.05, 0.1) is 5.69 Å². The van der Waals surface area contributed by atoms with E-state index in [1.165, 1.54) is 6.33 Å². The van der Waals surface area contributed by atoms with Gasteiger partial charge in [-0.15, -0.1) is 0 Å². The van der Waals surface area contributed by atoms with E-state index in [4.69, 9.17) is 9.26 Å². The first kappa shape index (κ1) is 18.2. The van der Waals surface area contributed by atoms with E-state index in [1.54, 1.807) is 17.1 Å². The van der Waals surface area contributed by atoms with Gasteiger partial charge in [-0.05, 0) is 38.2 Å². The molecular formula is C19H22N6O3. The van der Waals surface area contributed by atoms with E-state index in [1.807, 2.05) is 29.2 Å². The summed E-state index contributed by atoms with van der Waals surface area (Å²) in [6.45, 7) is 4.53. The number of nitrogens with zero attached hydrogens (tertiary/aromatic N) is 6. The number of piperazine rings is 1. The number of aromatic nitrogens is 4. The summed E-state index contributed by atoms with van der Waals surface area (Å²) in [5.74, 6) is 1.08. The second-order valence-electron chi connectivity index (χ2n) is 6.88. The number of benzene rings is 1. The van der Waals surface area contributed by atoms with Gasteiger partial charge in [-0.1, -0.05) is 5.16 Å². The molecule has 1 aromatic carbocycles. The Morgan fingerprint density at radius 3 is 2.82 bits per heavy atom. The minimum absolute atomic E-state index is 0.105. The number of carbonyl (C=O) groups is 1. The van der Waals surface area contributed by atoms with Crippen LogP contribution in [0.25, 0.3) is 5.69 Å². The first-order valence-electron chi connectivity index (χ1n) is 9.13. The number of likely N-dealkylation sites (N-methyl/N-ethyl adjacent to an activating group) is 1. The van der Waals surface area contributed by atoms with E-state index in [-0.39, 0.29) is 12.5 Å². The Morgan fingerprint density at radius 1 is 1.29 bits per heavy atom. The van der Waals surface area contributed by atoms with Crippen molar-refractivity contribution < 1.29 is 14.1 Å². The molecule has 4 rings (SSSR count). The Balaban J connectivity index is 1.34. The molecule has 1 saturated heterocycles. The number of hydrogen-bond acceptors (Lipinski definition) is 7. The molecule has 3 aromatic rings. The zero-order valence-electron chi connectivity index (χ0n) is 15.9. The van der Waals surface area contributed by atoms with E-state index in [9.17, 15) is 4.79 Å². The number of amides is 1. The Labute approximate surface area is 162 Å². The van der Waals surface area contributed by atoms with E-state index < -0.39 is 0 Å². The second-order valence-corrected chi connectivity index (χ2v) is 6.88. The predicted octanol–water partition coefficient (Wildman–Crippen LogP) is 1.61. The van der Waals surface area contributed by atoms with Crippen LogP contribution in [0.15, 0.2) is 47.5 Å². The first-order valence-corrected chi connectivity index (χ1v) is 9.13. The molecule has 0 bridgehead atoms. The molecule has 1 atom stereocenters. The van der Waals surface area contributed by atoms with Crippen LogP contribution < -0.4 is 4.74 Å². The van der Waals surface area contributed by atoms with E-state index >= 15 is 0 Å². The largest absolute Gasteiger partial charge is 0.486 e. The van der Waals surface area contributed by atoms with Crippen LogP contribution in [0.4, 0.5) is 0 Å². The Hall–Kier alpha value is -3.20. The fraction of sp³-hybridized carbons (Fsp3) is 0.368. The molecule has 1 unspecified atom stereocenters. The number of carbonyl (C=O) groups excluding carboxylic acids is 1. The molecule has 1 amide bonds. The van der Waals surface area contributed by atoms with Crippen molar-refractivity contribution in [1.82, 2.24) is 29.7 Å². The summed E-state index contributed by atoms with van der Waals surface area (Å²) in [6.07, 6.45) is 3.11. The Bertz CT molecular complexity index is 922. The molecule has 1 fully saturated rings. The van der Waals surface area contributed by atoms with Gasteiger partial charge >= 0.3 is 0 Å². The molecule has 3 heterocycles. The van der Waals surface area contributed by atoms with Crippen molar-refractivity contribution in [1.29, 1.82) is 0 Å². The van der Waals surface area contributed by atoms with Crippen LogP contribution >= 0.6 is 0 Å². The van der Waals surface area contributed by atoms with Crippen molar-refractivity contribution >= 4 is 5.91 Å². The third-order valence-electron chi connectivity index (χ3n) is 4.93. The van der Waals surface area contributed by atoms with E-state index in [0.717, 1.165) is 12.2 Å². The molecule has 2 aromatic heterocycles. The Morgan fingerprint density at radius 2 is 2.11 bits per heavy atom. The van der Waals surface area contributed by atoms with Crippen LogP contribution in [0.1, 0.15) is 23.2 Å². The van der Waals surface area contributed by atoms with Crippen molar-refractivity contribution in [2.75, 3.05) is 26.7 Å². The van der Waals surface area contributed by atoms with E-state index in [0.29, 0.717) is 36.3 Å². The summed E-state index contributed by atoms with van der Waals surface area (Å²) in [7, 11) is 2.07. The van der Waals surface area contributed by atoms with Crippen LogP contribution in [0, 0.1) is 0 Å². The zero-order chi connectivity index (χ0) is 19.5. The molecule has 1 aliphatic rings. The maximum Gasteiger partial charge on any atom is 0.276 e. The molecule has 146 valence electrons. The SMILES string of the molecule is CC1CN(C(=O)c2cc(COc3ccc(-n4cncn4)cc3)on2)CCN1C. The maximum atomic E-state index is 12.6. The normalized spacial score (nSPS) is 17.6. The smallest absolute Gasteiger partial charge is 0.276 e. The highest BCUT2D eigenvalue weighted by atomic mass is 16.5. The molecule has 0 radical (unpaired) electrons. The zero-order valence-corrected chi connectivity index (χ0v) is 15.9.